The summed E-state index contributed by atoms with van der Waals surface area (Å²) in [5.74, 6) is -0.351. The summed E-state index contributed by atoms with van der Waals surface area (Å²) in [6.07, 6.45) is 5.67. The normalized spacial score (nSPS) is 15.6. The van der Waals surface area contributed by atoms with Crippen molar-refractivity contribution in [1.82, 2.24) is 0 Å². The topological polar surface area (TPSA) is 64.3 Å². The smallest absolute Gasteiger partial charge is 0.281 e. The van der Waals surface area contributed by atoms with Crippen molar-refractivity contribution in [2.75, 3.05) is 17.2 Å². The lowest BCUT2D eigenvalue weighted by Crippen LogP contribution is -2.35. The van der Waals surface area contributed by atoms with Crippen LogP contribution in [0.5, 0.6) is 0 Å². The SMILES string of the molecule is CCC(/C=C1\Sc2ccccc2N1CC)=C\c1sc2c3ccccc3sc2[n+]1CCCS(=O)(=O)[O-]. The zero-order chi connectivity index (χ0) is 24.6. The van der Waals surface area contributed by atoms with Crippen molar-refractivity contribution in [2.45, 2.75) is 38.1 Å². The highest BCUT2D eigenvalue weighted by atomic mass is 32.2. The van der Waals surface area contributed by atoms with Gasteiger partial charge in [-0.15, -0.1) is 0 Å². The molecule has 0 spiro atoms. The predicted octanol–water partition coefficient (Wildman–Crippen LogP) is 6.61. The van der Waals surface area contributed by atoms with E-state index in [1.165, 1.54) is 36.0 Å². The van der Waals surface area contributed by atoms with Gasteiger partial charge in [0.1, 0.15) is 4.70 Å². The monoisotopic (exact) mass is 542 g/mol. The fraction of sp³-hybridized carbons (Fsp3) is 0.269. The number of para-hydroxylation sites is 1. The van der Waals surface area contributed by atoms with E-state index in [1.54, 1.807) is 34.4 Å². The number of thiophene rings is 1. The molecule has 3 heterocycles. The fourth-order valence-electron chi connectivity index (χ4n) is 4.31. The van der Waals surface area contributed by atoms with Gasteiger partial charge in [-0.05, 0) is 43.2 Å². The van der Waals surface area contributed by atoms with E-state index in [0.717, 1.165) is 22.8 Å². The number of hydrogen-bond donors (Lipinski definition) is 0. The summed E-state index contributed by atoms with van der Waals surface area (Å²) in [7, 11) is -4.24. The van der Waals surface area contributed by atoms with Crippen LogP contribution in [-0.2, 0) is 16.7 Å². The molecule has 0 saturated carbocycles. The second kappa shape index (κ2) is 10.1. The Morgan fingerprint density at radius 3 is 2.63 bits per heavy atom. The highest BCUT2D eigenvalue weighted by molar-refractivity contribution is 8.03. The Balaban J connectivity index is 1.56. The first kappa shape index (κ1) is 24.5. The average molecular weight is 543 g/mol. The van der Waals surface area contributed by atoms with Crippen LogP contribution in [0.3, 0.4) is 0 Å². The third kappa shape index (κ3) is 5.06. The van der Waals surface area contributed by atoms with Gasteiger partial charge in [0, 0.05) is 39.8 Å². The lowest BCUT2D eigenvalue weighted by atomic mass is 10.2. The Morgan fingerprint density at radius 2 is 1.86 bits per heavy atom. The van der Waals surface area contributed by atoms with Crippen molar-refractivity contribution in [3.8, 4) is 0 Å². The van der Waals surface area contributed by atoms with Gasteiger partial charge in [-0.1, -0.05) is 71.7 Å². The van der Waals surface area contributed by atoms with Crippen molar-refractivity contribution in [3.05, 3.63) is 70.2 Å². The predicted molar refractivity (Wildman–Crippen MR) is 148 cm³/mol. The lowest BCUT2D eigenvalue weighted by Gasteiger charge is -2.18. The zero-order valence-electron chi connectivity index (χ0n) is 19.6. The molecular weight excluding hydrogens is 517 g/mol. The summed E-state index contributed by atoms with van der Waals surface area (Å²) in [4.78, 5) is 4.75. The number of aromatic nitrogens is 1. The summed E-state index contributed by atoms with van der Waals surface area (Å²) in [6.45, 7) is 5.72. The molecule has 2 aromatic carbocycles. The van der Waals surface area contributed by atoms with Gasteiger partial charge in [0.15, 0.2) is 6.54 Å². The van der Waals surface area contributed by atoms with Crippen molar-refractivity contribution in [3.63, 3.8) is 0 Å². The minimum Gasteiger partial charge on any atom is -0.748 e. The first-order chi connectivity index (χ1) is 16.9. The molecule has 5 rings (SSSR count). The Labute approximate surface area is 218 Å². The van der Waals surface area contributed by atoms with Crippen molar-refractivity contribution >= 4 is 75.9 Å². The number of thioether (sulfide) groups is 1. The molecule has 1 aliphatic heterocycles. The van der Waals surface area contributed by atoms with Gasteiger partial charge in [-0.3, -0.25) is 0 Å². The van der Waals surface area contributed by atoms with E-state index in [2.05, 4.69) is 71.9 Å². The highest BCUT2D eigenvalue weighted by Gasteiger charge is 2.26. The van der Waals surface area contributed by atoms with Crippen molar-refractivity contribution < 1.29 is 17.5 Å². The first-order valence-electron chi connectivity index (χ1n) is 11.6. The van der Waals surface area contributed by atoms with Crippen LogP contribution >= 0.6 is 34.4 Å². The molecule has 0 bridgehead atoms. The minimum atomic E-state index is -4.24. The first-order valence-corrected chi connectivity index (χ1v) is 15.6. The Kier molecular flexibility index (Phi) is 7.05. The zero-order valence-corrected chi connectivity index (χ0v) is 22.8. The molecular formula is C26H26N2O3S4. The molecule has 0 N–H and O–H groups in total. The van der Waals surface area contributed by atoms with Gasteiger partial charge in [0.05, 0.1) is 20.8 Å². The van der Waals surface area contributed by atoms with E-state index >= 15 is 0 Å². The van der Waals surface area contributed by atoms with E-state index in [0.29, 0.717) is 13.0 Å². The highest BCUT2D eigenvalue weighted by Crippen LogP contribution is 2.46. The molecule has 5 nitrogen and oxygen atoms in total. The molecule has 9 heteroatoms. The van der Waals surface area contributed by atoms with Crippen LogP contribution in [0.25, 0.3) is 25.7 Å². The van der Waals surface area contributed by atoms with Crippen LogP contribution in [0, 0.1) is 0 Å². The third-order valence-corrected chi connectivity index (χ3v) is 10.4. The van der Waals surface area contributed by atoms with E-state index in [-0.39, 0.29) is 5.75 Å². The summed E-state index contributed by atoms with van der Waals surface area (Å²) in [5.41, 5.74) is 2.46. The maximum atomic E-state index is 11.2. The molecule has 182 valence electrons. The maximum Gasteiger partial charge on any atom is 0.281 e. The molecule has 0 amide bonds. The third-order valence-electron chi connectivity index (χ3n) is 6.01. The minimum absolute atomic E-state index is 0.300. The number of aryl methyl sites for hydroxylation is 1. The van der Waals surface area contributed by atoms with Crippen LogP contribution in [0.1, 0.15) is 31.7 Å². The number of hydrogen-bond acceptors (Lipinski definition) is 7. The number of thiazole rings is 1. The number of rotatable bonds is 8. The van der Waals surface area contributed by atoms with Gasteiger partial charge in [0.2, 0.25) is 0 Å². The number of nitrogens with zero attached hydrogens (tertiary/aromatic N) is 2. The standard InChI is InChI=1S/C26H26N2O3S4/c1-3-18(16-23-27(4-2)20-11-6-8-13-22(20)32-23)17-24-28(14-9-15-35(29,30)31)26-25(34-24)19-10-5-7-12-21(19)33-26/h5-8,10-13,16-17H,3-4,9,14-15H2,1-2H3. The van der Waals surface area contributed by atoms with Gasteiger partial charge in [-0.2, -0.15) is 4.57 Å². The molecule has 1 aliphatic rings. The molecule has 2 aromatic heterocycles. The lowest BCUT2D eigenvalue weighted by molar-refractivity contribution is -0.666. The summed E-state index contributed by atoms with van der Waals surface area (Å²) in [5, 5.41) is 3.52. The van der Waals surface area contributed by atoms with Crippen LogP contribution in [0.2, 0.25) is 0 Å². The summed E-state index contributed by atoms with van der Waals surface area (Å²) in [6, 6.07) is 16.8. The number of anilines is 1. The second-order valence-corrected chi connectivity index (χ2v) is 13.0. The van der Waals surface area contributed by atoms with Crippen LogP contribution in [0.15, 0.2) is 70.1 Å². The van der Waals surface area contributed by atoms with Crippen molar-refractivity contribution in [1.29, 1.82) is 0 Å². The van der Waals surface area contributed by atoms with Crippen molar-refractivity contribution in [2.24, 2.45) is 0 Å². The Hall–Kier alpha value is -2.17. The number of benzene rings is 2. The summed E-state index contributed by atoms with van der Waals surface area (Å²) < 4.78 is 38.3. The van der Waals surface area contributed by atoms with Crippen LogP contribution < -0.4 is 9.47 Å². The van der Waals surface area contributed by atoms with E-state index in [9.17, 15) is 13.0 Å². The largest absolute Gasteiger partial charge is 0.748 e. The Bertz CT molecular complexity index is 1560. The molecule has 35 heavy (non-hydrogen) atoms. The van der Waals surface area contributed by atoms with Gasteiger partial charge in [0.25, 0.3) is 9.84 Å². The van der Waals surface area contributed by atoms with Crippen LogP contribution in [0.4, 0.5) is 5.69 Å². The van der Waals surface area contributed by atoms with Gasteiger partial charge in [-0.25, -0.2) is 8.42 Å². The van der Waals surface area contributed by atoms with E-state index in [4.69, 9.17) is 0 Å². The number of allylic oxidation sites excluding steroid dienone is 2. The molecule has 0 fully saturated rings. The fourth-order valence-corrected chi connectivity index (χ4v) is 8.71. The molecule has 0 radical (unpaired) electrons. The number of fused-ring (bicyclic) bond motifs is 4. The molecule has 0 unspecified atom stereocenters. The Morgan fingerprint density at radius 1 is 1.09 bits per heavy atom. The van der Waals surface area contributed by atoms with Crippen LogP contribution in [-0.4, -0.2) is 25.3 Å². The molecule has 4 aromatic rings. The van der Waals surface area contributed by atoms with E-state index in [1.807, 2.05) is 12.1 Å². The molecule has 0 saturated heterocycles. The molecule has 0 aliphatic carbocycles. The van der Waals surface area contributed by atoms with Gasteiger partial charge >= 0.3 is 0 Å². The average Bonchev–Trinajstić information content (AvgIpc) is 3.47. The van der Waals surface area contributed by atoms with E-state index < -0.39 is 10.1 Å². The summed E-state index contributed by atoms with van der Waals surface area (Å²) >= 11 is 5.25. The maximum absolute atomic E-state index is 11.2. The molecule has 0 atom stereocenters. The quantitative estimate of drug-likeness (QED) is 0.185. The second-order valence-electron chi connectivity index (χ2n) is 8.31. The van der Waals surface area contributed by atoms with Gasteiger partial charge < -0.3 is 9.45 Å².